The van der Waals surface area contributed by atoms with E-state index in [1.807, 2.05) is 22.6 Å². The first-order valence-electron chi connectivity index (χ1n) is 4.01. The van der Waals surface area contributed by atoms with Crippen molar-refractivity contribution in [1.82, 2.24) is 10.1 Å². The molecule has 1 aromatic carbocycles. The lowest BCUT2D eigenvalue weighted by atomic mass is 10.2. The van der Waals surface area contributed by atoms with Gasteiger partial charge in [0.05, 0.1) is 4.92 Å². The Morgan fingerprint density at radius 2 is 2.25 bits per heavy atom. The Morgan fingerprint density at radius 1 is 1.50 bits per heavy atom. The number of halogens is 2. The zero-order valence-electron chi connectivity index (χ0n) is 7.55. The molecule has 0 saturated carbocycles. The summed E-state index contributed by atoms with van der Waals surface area (Å²) < 4.78 is 5.25. The molecule has 0 aliphatic rings. The molecule has 0 unspecified atom stereocenters. The fourth-order valence-electron chi connectivity index (χ4n) is 1.15. The van der Waals surface area contributed by atoms with Crippen molar-refractivity contribution in [2.24, 2.45) is 0 Å². The lowest BCUT2D eigenvalue weighted by Gasteiger charge is -1.97. The number of nitro benzene ring substituents is 1. The Labute approximate surface area is 108 Å². The van der Waals surface area contributed by atoms with Gasteiger partial charge in [0.25, 0.3) is 11.6 Å². The van der Waals surface area contributed by atoms with Crippen molar-refractivity contribution in [2.75, 3.05) is 0 Å². The first-order chi connectivity index (χ1) is 7.58. The molecule has 0 atom stereocenters. The normalized spacial score (nSPS) is 10.4. The van der Waals surface area contributed by atoms with Gasteiger partial charge in [-0.15, -0.1) is 0 Å². The molecule has 0 fully saturated rings. The lowest BCUT2D eigenvalue weighted by molar-refractivity contribution is -0.384. The molecule has 2 aromatic rings. The molecule has 1 aromatic heterocycles. The highest BCUT2D eigenvalue weighted by Gasteiger charge is 2.20. The maximum absolute atomic E-state index is 10.8. The number of hydrogen-bond donors (Lipinski definition) is 0. The summed E-state index contributed by atoms with van der Waals surface area (Å²) in [5.74, 6) is 0.104. The van der Waals surface area contributed by atoms with Crippen LogP contribution >= 0.6 is 34.2 Å². The van der Waals surface area contributed by atoms with Gasteiger partial charge in [-0.05, 0) is 12.1 Å². The van der Waals surface area contributed by atoms with Crippen molar-refractivity contribution in [2.45, 2.75) is 0 Å². The molecular weight excluding hydrogens is 348 g/mol. The Bertz CT molecular complexity index is 557. The van der Waals surface area contributed by atoms with Crippen molar-refractivity contribution in [3.8, 4) is 11.5 Å². The molecule has 0 saturated heterocycles. The summed E-state index contributed by atoms with van der Waals surface area (Å²) >= 11 is 7.53. The topological polar surface area (TPSA) is 82.1 Å². The van der Waals surface area contributed by atoms with Gasteiger partial charge < -0.3 is 4.52 Å². The van der Waals surface area contributed by atoms with Crippen LogP contribution in [0.4, 0.5) is 5.69 Å². The van der Waals surface area contributed by atoms with Crippen molar-refractivity contribution in [3.05, 3.63) is 37.2 Å². The van der Waals surface area contributed by atoms with Crippen molar-refractivity contribution in [3.63, 3.8) is 0 Å². The number of nitrogens with zero attached hydrogens (tertiary/aromatic N) is 3. The average molecular weight is 351 g/mol. The summed E-state index contributed by atoms with van der Waals surface area (Å²) in [6.07, 6.45) is 0. The third kappa shape index (κ3) is 2.14. The molecule has 0 aliphatic heterocycles. The molecular formula is C8H3ClIN3O3. The minimum Gasteiger partial charge on any atom is -0.333 e. The SMILES string of the molecule is O=[N+]([O-])c1cc(Cl)ccc1-c1nc(I)no1. The molecule has 8 heteroatoms. The fourth-order valence-corrected chi connectivity index (χ4v) is 1.64. The number of rotatable bonds is 2. The molecule has 0 aliphatic carbocycles. The van der Waals surface area contributed by atoms with Gasteiger partial charge in [-0.2, -0.15) is 4.98 Å². The van der Waals surface area contributed by atoms with Crippen LogP contribution in [-0.2, 0) is 0 Å². The van der Waals surface area contributed by atoms with E-state index in [1.54, 1.807) is 0 Å². The van der Waals surface area contributed by atoms with Crippen LogP contribution in [0, 0.1) is 13.9 Å². The third-order valence-corrected chi connectivity index (χ3v) is 2.46. The summed E-state index contributed by atoms with van der Waals surface area (Å²) in [5.41, 5.74) is 0.0948. The van der Waals surface area contributed by atoms with Gasteiger partial charge in [0.1, 0.15) is 5.56 Å². The van der Waals surface area contributed by atoms with E-state index < -0.39 is 4.92 Å². The van der Waals surface area contributed by atoms with Crippen LogP contribution in [-0.4, -0.2) is 15.1 Å². The molecule has 2 rings (SSSR count). The van der Waals surface area contributed by atoms with Crippen LogP contribution in [0.3, 0.4) is 0 Å². The van der Waals surface area contributed by atoms with Gasteiger partial charge in [-0.25, -0.2) is 0 Å². The molecule has 0 N–H and O–H groups in total. The molecule has 0 bridgehead atoms. The number of aromatic nitrogens is 2. The molecule has 1 heterocycles. The predicted octanol–water partition coefficient (Wildman–Crippen LogP) is 2.90. The van der Waals surface area contributed by atoms with Gasteiger partial charge in [0.2, 0.25) is 3.83 Å². The van der Waals surface area contributed by atoms with E-state index in [-0.39, 0.29) is 22.2 Å². The van der Waals surface area contributed by atoms with Crippen molar-refractivity contribution in [1.29, 1.82) is 0 Å². The quantitative estimate of drug-likeness (QED) is 0.472. The smallest absolute Gasteiger partial charge is 0.283 e. The first-order valence-corrected chi connectivity index (χ1v) is 5.47. The minimum absolute atomic E-state index is 0.104. The summed E-state index contributed by atoms with van der Waals surface area (Å²) in [7, 11) is 0. The van der Waals surface area contributed by atoms with Gasteiger partial charge in [-0.3, -0.25) is 10.1 Å². The number of nitro groups is 1. The van der Waals surface area contributed by atoms with E-state index in [1.165, 1.54) is 18.2 Å². The largest absolute Gasteiger partial charge is 0.333 e. The summed E-state index contributed by atoms with van der Waals surface area (Å²) in [4.78, 5) is 14.2. The van der Waals surface area contributed by atoms with Crippen LogP contribution in [0.2, 0.25) is 5.02 Å². The van der Waals surface area contributed by atoms with E-state index >= 15 is 0 Å². The Morgan fingerprint density at radius 3 is 2.81 bits per heavy atom. The molecule has 0 amide bonds. The maximum Gasteiger partial charge on any atom is 0.283 e. The zero-order valence-corrected chi connectivity index (χ0v) is 10.5. The second-order valence-corrected chi connectivity index (χ2v) is 4.19. The molecule has 0 radical (unpaired) electrons. The second-order valence-electron chi connectivity index (χ2n) is 2.79. The van der Waals surface area contributed by atoms with Crippen LogP contribution in [0.5, 0.6) is 0 Å². The fraction of sp³-hybridized carbons (Fsp3) is 0. The average Bonchev–Trinajstić information content (AvgIpc) is 2.64. The highest BCUT2D eigenvalue weighted by atomic mass is 127. The van der Waals surface area contributed by atoms with Gasteiger partial charge in [-0.1, -0.05) is 16.8 Å². The van der Waals surface area contributed by atoms with E-state index in [4.69, 9.17) is 16.1 Å². The van der Waals surface area contributed by atoms with Crippen LogP contribution in [0.15, 0.2) is 22.7 Å². The molecule has 16 heavy (non-hydrogen) atoms. The first kappa shape index (κ1) is 11.3. The van der Waals surface area contributed by atoms with E-state index in [9.17, 15) is 10.1 Å². The van der Waals surface area contributed by atoms with E-state index in [0.29, 0.717) is 3.83 Å². The Balaban J connectivity index is 2.60. The van der Waals surface area contributed by atoms with Crippen LogP contribution in [0.25, 0.3) is 11.5 Å². The highest BCUT2D eigenvalue weighted by Crippen LogP contribution is 2.31. The lowest BCUT2D eigenvalue weighted by Crippen LogP contribution is -1.92. The van der Waals surface area contributed by atoms with Gasteiger partial charge in [0, 0.05) is 33.7 Å². The Hall–Kier alpha value is -1.22. The summed E-state index contributed by atoms with van der Waals surface area (Å²) in [6.45, 7) is 0. The van der Waals surface area contributed by atoms with Crippen molar-refractivity contribution >= 4 is 39.9 Å². The third-order valence-electron chi connectivity index (χ3n) is 1.79. The molecule has 6 nitrogen and oxygen atoms in total. The summed E-state index contributed by atoms with van der Waals surface area (Å²) in [6, 6.07) is 4.25. The summed E-state index contributed by atoms with van der Waals surface area (Å²) in [5, 5.41) is 14.7. The maximum atomic E-state index is 10.8. The standard InChI is InChI=1S/C8H3ClIN3O3/c9-4-1-2-5(6(3-4)13(14)15)7-11-8(10)12-16-7/h1-3H. The number of benzene rings is 1. The van der Waals surface area contributed by atoms with Crippen LogP contribution in [0.1, 0.15) is 0 Å². The Kier molecular flexibility index (Phi) is 3.06. The number of hydrogen-bond acceptors (Lipinski definition) is 5. The predicted molar refractivity (Wildman–Crippen MR) is 64.1 cm³/mol. The minimum atomic E-state index is -0.543. The second kappa shape index (κ2) is 4.34. The van der Waals surface area contributed by atoms with E-state index in [0.717, 1.165) is 0 Å². The zero-order chi connectivity index (χ0) is 11.7. The van der Waals surface area contributed by atoms with Gasteiger partial charge in [0.15, 0.2) is 0 Å². The van der Waals surface area contributed by atoms with Gasteiger partial charge >= 0.3 is 0 Å². The van der Waals surface area contributed by atoms with Crippen LogP contribution < -0.4 is 0 Å². The highest BCUT2D eigenvalue weighted by molar-refractivity contribution is 14.1. The molecule has 0 spiro atoms. The monoisotopic (exact) mass is 351 g/mol. The molecule has 82 valence electrons. The van der Waals surface area contributed by atoms with Crippen molar-refractivity contribution < 1.29 is 9.45 Å². The van der Waals surface area contributed by atoms with E-state index in [2.05, 4.69) is 10.1 Å².